The molecule has 2 aromatic rings. The first kappa shape index (κ1) is 17.7. The molecule has 0 spiro atoms. The van der Waals surface area contributed by atoms with Crippen molar-refractivity contribution in [1.82, 2.24) is 14.7 Å². The summed E-state index contributed by atoms with van der Waals surface area (Å²) in [6, 6.07) is 9.12. The van der Waals surface area contributed by atoms with Gasteiger partial charge in [-0.05, 0) is 43.2 Å². The topological polar surface area (TPSA) is 75.4 Å². The highest BCUT2D eigenvalue weighted by Gasteiger charge is 2.18. The first-order valence-electron chi connectivity index (χ1n) is 8.00. The van der Waals surface area contributed by atoms with Crippen LogP contribution in [0, 0.1) is 12.8 Å². The SMILES string of the molecule is Cc1ccnn1-c1ccc(C(=O)N(CCC(=O)O)CC(C)C)cc1. The standard InChI is InChI=1S/C18H23N3O3/c1-13(2)12-20(11-9-17(22)23)18(24)15-4-6-16(7-5-15)21-14(3)8-10-19-21/h4-8,10,13H,9,11-12H2,1-3H3,(H,22,23). The summed E-state index contributed by atoms with van der Waals surface area (Å²) in [5, 5.41) is 13.1. The van der Waals surface area contributed by atoms with Crippen LogP contribution in [0.3, 0.4) is 0 Å². The van der Waals surface area contributed by atoms with Gasteiger partial charge in [-0.25, -0.2) is 4.68 Å². The van der Waals surface area contributed by atoms with E-state index in [1.54, 1.807) is 27.9 Å². The summed E-state index contributed by atoms with van der Waals surface area (Å²) in [5.41, 5.74) is 2.45. The fourth-order valence-electron chi connectivity index (χ4n) is 2.51. The van der Waals surface area contributed by atoms with Crippen molar-refractivity contribution in [3.8, 4) is 5.69 Å². The zero-order chi connectivity index (χ0) is 17.7. The number of aryl methyl sites for hydroxylation is 1. The summed E-state index contributed by atoms with van der Waals surface area (Å²) in [4.78, 5) is 25.1. The van der Waals surface area contributed by atoms with Crippen molar-refractivity contribution in [1.29, 1.82) is 0 Å². The third-order valence-corrected chi connectivity index (χ3v) is 3.66. The van der Waals surface area contributed by atoms with Gasteiger partial charge in [-0.15, -0.1) is 0 Å². The van der Waals surface area contributed by atoms with Gasteiger partial charge in [0.2, 0.25) is 0 Å². The van der Waals surface area contributed by atoms with Gasteiger partial charge in [-0.2, -0.15) is 5.10 Å². The van der Waals surface area contributed by atoms with Crippen molar-refractivity contribution in [2.75, 3.05) is 13.1 Å². The number of carboxylic acids is 1. The molecule has 1 N–H and O–H groups in total. The average molecular weight is 329 g/mol. The molecular weight excluding hydrogens is 306 g/mol. The molecule has 6 nitrogen and oxygen atoms in total. The highest BCUT2D eigenvalue weighted by molar-refractivity contribution is 5.94. The van der Waals surface area contributed by atoms with Gasteiger partial charge >= 0.3 is 5.97 Å². The molecule has 2 rings (SSSR count). The van der Waals surface area contributed by atoms with Crippen LogP contribution in [-0.2, 0) is 4.79 Å². The Morgan fingerprint density at radius 3 is 2.38 bits per heavy atom. The van der Waals surface area contributed by atoms with Crippen LogP contribution in [0.2, 0.25) is 0 Å². The molecule has 0 unspecified atom stereocenters. The number of nitrogens with zero attached hydrogens (tertiary/aromatic N) is 3. The third kappa shape index (κ3) is 4.44. The molecule has 0 saturated heterocycles. The molecule has 0 aliphatic carbocycles. The summed E-state index contributed by atoms with van der Waals surface area (Å²) in [5.74, 6) is -0.775. The maximum absolute atomic E-state index is 12.7. The highest BCUT2D eigenvalue weighted by atomic mass is 16.4. The Hall–Kier alpha value is -2.63. The van der Waals surface area contributed by atoms with E-state index in [0.29, 0.717) is 12.1 Å². The number of aliphatic carboxylic acids is 1. The van der Waals surface area contributed by atoms with Crippen molar-refractivity contribution in [3.63, 3.8) is 0 Å². The second-order valence-corrected chi connectivity index (χ2v) is 6.22. The minimum absolute atomic E-state index is 0.0526. The van der Waals surface area contributed by atoms with E-state index >= 15 is 0 Å². The molecule has 1 amide bonds. The van der Waals surface area contributed by atoms with E-state index in [9.17, 15) is 9.59 Å². The molecular formula is C18H23N3O3. The van der Waals surface area contributed by atoms with Crippen LogP contribution in [0.1, 0.15) is 36.3 Å². The van der Waals surface area contributed by atoms with E-state index in [0.717, 1.165) is 11.4 Å². The van der Waals surface area contributed by atoms with Gasteiger partial charge in [0.1, 0.15) is 0 Å². The van der Waals surface area contributed by atoms with E-state index in [1.165, 1.54) is 0 Å². The molecule has 0 aliphatic rings. The van der Waals surface area contributed by atoms with Crippen molar-refractivity contribution in [2.45, 2.75) is 27.2 Å². The second kappa shape index (κ2) is 7.77. The largest absolute Gasteiger partial charge is 0.481 e. The highest BCUT2D eigenvalue weighted by Crippen LogP contribution is 2.14. The Morgan fingerprint density at radius 2 is 1.88 bits per heavy atom. The number of hydrogen-bond acceptors (Lipinski definition) is 3. The van der Waals surface area contributed by atoms with E-state index in [4.69, 9.17) is 5.11 Å². The van der Waals surface area contributed by atoms with E-state index in [-0.39, 0.29) is 24.8 Å². The van der Waals surface area contributed by atoms with Gasteiger partial charge in [-0.1, -0.05) is 13.8 Å². The van der Waals surface area contributed by atoms with Gasteiger partial charge in [0, 0.05) is 30.5 Å². The quantitative estimate of drug-likeness (QED) is 0.847. The normalized spacial score (nSPS) is 10.8. The predicted molar refractivity (Wildman–Crippen MR) is 91.3 cm³/mol. The molecule has 0 radical (unpaired) electrons. The summed E-state index contributed by atoms with van der Waals surface area (Å²) in [7, 11) is 0. The minimum Gasteiger partial charge on any atom is -0.481 e. The fraction of sp³-hybridized carbons (Fsp3) is 0.389. The number of rotatable bonds is 7. The molecule has 24 heavy (non-hydrogen) atoms. The first-order valence-corrected chi connectivity index (χ1v) is 8.00. The van der Waals surface area contributed by atoms with Crippen LogP contribution in [0.4, 0.5) is 0 Å². The smallest absolute Gasteiger partial charge is 0.305 e. The maximum Gasteiger partial charge on any atom is 0.305 e. The number of hydrogen-bond donors (Lipinski definition) is 1. The minimum atomic E-state index is -0.902. The van der Waals surface area contributed by atoms with Crippen molar-refractivity contribution < 1.29 is 14.7 Å². The summed E-state index contributed by atoms with van der Waals surface area (Å²) in [6.07, 6.45) is 1.67. The van der Waals surface area contributed by atoms with Gasteiger partial charge in [-0.3, -0.25) is 9.59 Å². The lowest BCUT2D eigenvalue weighted by molar-refractivity contribution is -0.137. The Bertz CT molecular complexity index is 705. The Labute approximate surface area is 141 Å². The first-order chi connectivity index (χ1) is 11.4. The molecule has 1 aromatic heterocycles. The van der Waals surface area contributed by atoms with E-state index in [1.807, 2.05) is 39.0 Å². The van der Waals surface area contributed by atoms with Gasteiger partial charge in [0.15, 0.2) is 0 Å². The molecule has 0 saturated carbocycles. The number of aromatic nitrogens is 2. The van der Waals surface area contributed by atoms with Gasteiger partial charge in [0.05, 0.1) is 12.1 Å². The zero-order valence-corrected chi connectivity index (χ0v) is 14.3. The van der Waals surface area contributed by atoms with Gasteiger partial charge < -0.3 is 10.0 Å². The summed E-state index contributed by atoms with van der Waals surface area (Å²) in [6.45, 7) is 6.72. The number of carbonyl (C=O) groups is 2. The molecule has 0 aliphatic heterocycles. The van der Waals surface area contributed by atoms with Crippen molar-refractivity contribution >= 4 is 11.9 Å². The molecule has 128 valence electrons. The molecule has 0 fully saturated rings. The maximum atomic E-state index is 12.7. The lowest BCUT2D eigenvalue weighted by atomic mass is 10.1. The molecule has 0 atom stereocenters. The van der Waals surface area contributed by atoms with E-state index in [2.05, 4.69) is 5.10 Å². The van der Waals surface area contributed by atoms with Gasteiger partial charge in [0.25, 0.3) is 5.91 Å². The van der Waals surface area contributed by atoms with Crippen LogP contribution in [0.15, 0.2) is 36.5 Å². The average Bonchev–Trinajstić information content (AvgIpc) is 2.96. The molecule has 1 aromatic carbocycles. The number of carbonyl (C=O) groups excluding carboxylic acids is 1. The zero-order valence-electron chi connectivity index (χ0n) is 14.3. The third-order valence-electron chi connectivity index (χ3n) is 3.66. The Balaban J connectivity index is 2.16. The lowest BCUT2D eigenvalue weighted by Gasteiger charge is -2.24. The predicted octanol–water partition coefficient (Wildman–Crippen LogP) is 2.75. The van der Waals surface area contributed by atoms with Crippen LogP contribution >= 0.6 is 0 Å². The van der Waals surface area contributed by atoms with Crippen molar-refractivity contribution in [2.24, 2.45) is 5.92 Å². The fourth-order valence-corrected chi connectivity index (χ4v) is 2.51. The summed E-state index contributed by atoms with van der Waals surface area (Å²) >= 11 is 0. The number of benzene rings is 1. The number of carboxylic acid groups (broad SMARTS) is 1. The van der Waals surface area contributed by atoms with Crippen LogP contribution in [0.25, 0.3) is 5.69 Å². The Kier molecular flexibility index (Phi) is 5.73. The molecule has 1 heterocycles. The van der Waals surface area contributed by atoms with E-state index < -0.39 is 5.97 Å². The molecule has 6 heteroatoms. The van der Waals surface area contributed by atoms with Crippen molar-refractivity contribution in [3.05, 3.63) is 47.8 Å². The van der Waals surface area contributed by atoms with Crippen LogP contribution in [0.5, 0.6) is 0 Å². The lowest BCUT2D eigenvalue weighted by Crippen LogP contribution is -2.36. The second-order valence-electron chi connectivity index (χ2n) is 6.22. The summed E-state index contributed by atoms with van der Waals surface area (Å²) < 4.78 is 1.80. The van der Waals surface area contributed by atoms with Crippen LogP contribution < -0.4 is 0 Å². The van der Waals surface area contributed by atoms with Crippen LogP contribution in [-0.4, -0.2) is 44.8 Å². The monoisotopic (exact) mass is 329 g/mol. The molecule has 0 bridgehead atoms. The Morgan fingerprint density at radius 1 is 1.21 bits per heavy atom. The number of amides is 1.